The minimum atomic E-state index is -3.38. The average molecular weight is 363 g/mol. The number of benzene rings is 1. The lowest BCUT2D eigenvalue weighted by Crippen LogP contribution is -2.37. The highest BCUT2D eigenvalue weighted by Gasteiger charge is 2.14. The van der Waals surface area contributed by atoms with Gasteiger partial charge < -0.3 is 10.1 Å². The van der Waals surface area contributed by atoms with Crippen LogP contribution < -0.4 is 10.1 Å². The van der Waals surface area contributed by atoms with E-state index in [0.29, 0.717) is 12.5 Å². The van der Waals surface area contributed by atoms with Gasteiger partial charge in [-0.25, -0.2) is 13.4 Å². The van der Waals surface area contributed by atoms with Crippen LogP contribution in [0.25, 0.3) is 0 Å². The van der Waals surface area contributed by atoms with Gasteiger partial charge in [-0.2, -0.15) is 4.31 Å². The number of amides is 1. The molecule has 7 nitrogen and oxygen atoms in total. The zero-order valence-corrected chi connectivity index (χ0v) is 15.0. The van der Waals surface area contributed by atoms with E-state index in [1.54, 1.807) is 18.3 Å². The molecule has 1 aromatic carbocycles. The number of hydrogen-bond acceptors (Lipinski definition) is 5. The Bertz CT molecular complexity index is 810. The molecule has 0 aliphatic carbocycles. The number of pyridine rings is 1. The first kappa shape index (κ1) is 18.9. The lowest BCUT2D eigenvalue weighted by Gasteiger charge is -2.14. The molecule has 1 N–H and O–H groups in total. The molecule has 0 saturated heterocycles. The second-order valence-electron chi connectivity index (χ2n) is 5.57. The number of rotatable bonds is 8. The topological polar surface area (TPSA) is 88.6 Å². The first-order valence-corrected chi connectivity index (χ1v) is 9.49. The summed E-state index contributed by atoms with van der Waals surface area (Å²) in [5.74, 6) is 0.0837. The number of likely N-dealkylation sites (N-methyl/N-ethyl adjacent to an activating group) is 1. The fraction of sp³-hybridized carbons (Fsp3) is 0.294. The van der Waals surface area contributed by atoms with Crippen LogP contribution >= 0.6 is 0 Å². The molecule has 8 heteroatoms. The SMILES string of the molecule is CN(CC(=O)NCc1ccnc(OCc2ccccc2)c1)S(C)(=O)=O. The van der Waals surface area contributed by atoms with Gasteiger partial charge in [0.1, 0.15) is 6.61 Å². The number of carbonyl (C=O) groups is 1. The quantitative estimate of drug-likeness (QED) is 0.760. The third-order valence-corrected chi connectivity index (χ3v) is 4.71. The van der Waals surface area contributed by atoms with Crippen molar-refractivity contribution in [2.45, 2.75) is 13.2 Å². The summed E-state index contributed by atoms with van der Waals surface area (Å²) in [6.07, 6.45) is 2.66. The van der Waals surface area contributed by atoms with Crippen LogP contribution in [0.1, 0.15) is 11.1 Å². The third kappa shape index (κ3) is 6.52. The highest BCUT2D eigenvalue weighted by Crippen LogP contribution is 2.11. The molecular weight excluding hydrogens is 342 g/mol. The maximum Gasteiger partial charge on any atom is 0.235 e. The number of nitrogens with zero attached hydrogens (tertiary/aromatic N) is 2. The van der Waals surface area contributed by atoms with Crippen molar-refractivity contribution in [1.82, 2.24) is 14.6 Å². The molecule has 2 rings (SSSR count). The summed E-state index contributed by atoms with van der Waals surface area (Å²) in [5.41, 5.74) is 1.85. The summed E-state index contributed by atoms with van der Waals surface area (Å²) in [5, 5.41) is 2.67. The monoisotopic (exact) mass is 363 g/mol. The van der Waals surface area contributed by atoms with Crippen molar-refractivity contribution in [3.05, 3.63) is 59.8 Å². The Morgan fingerprint density at radius 3 is 2.60 bits per heavy atom. The molecule has 2 aromatic rings. The fourth-order valence-corrected chi connectivity index (χ4v) is 2.30. The van der Waals surface area contributed by atoms with Crippen molar-refractivity contribution in [1.29, 1.82) is 0 Å². The fourth-order valence-electron chi connectivity index (χ4n) is 1.95. The molecule has 0 fully saturated rings. The van der Waals surface area contributed by atoms with Crippen LogP contribution in [-0.2, 0) is 28.0 Å². The van der Waals surface area contributed by atoms with E-state index in [1.807, 2.05) is 30.3 Å². The molecule has 0 unspecified atom stereocenters. The maximum atomic E-state index is 11.8. The van der Waals surface area contributed by atoms with Crippen molar-refractivity contribution < 1.29 is 17.9 Å². The van der Waals surface area contributed by atoms with Gasteiger partial charge in [-0.05, 0) is 17.2 Å². The second-order valence-corrected chi connectivity index (χ2v) is 7.66. The molecule has 0 aliphatic rings. The molecule has 0 aliphatic heterocycles. The van der Waals surface area contributed by atoms with Crippen molar-refractivity contribution >= 4 is 15.9 Å². The molecule has 25 heavy (non-hydrogen) atoms. The zero-order valence-electron chi connectivity index (χ0n) is 14.2. The van der Waals surface area contributed by atoms with Crippen molar-refractivity contribution in [3.8, 4) is 5.88 Å². The van der Waals surface area contributed by atoms with E-state index in [4.69, 9.17) is 4.74 Å². The molecule has 0 atom stereocenters. The van der Waals surface area contributed by atoms with E-state index in [0.717, 1.165) is 21.7 Å². The van der Waals surface area contributed by atoms with Crippen LogP contribution in [-0.4, -0.2) is 43.5 Å². The molecular formula is C17H21N3O4S. The lowest BCUT2D eigenvalue weighted by atomic mass is 10.2. The largest absolute Gasteiger partial charge is 0.473 e. The summed E-state index contributed by atoms with van der Waals surface area (Å²) in [7, 11) is -2.02. The van der Waals surface area contributed by atoms with Gasteiger partial charge in [-0.1, -0.05) is 30.3 Å². The molecule has 0 radical (unpaired) electrons. The van der Waals surface area contributed by atoms with Gasteiger partial charge in [0.2, 0.25) is 21.8 Å². The van der Waals surface area contributed by atoms with Crippen molar-refractivity contribution in [2.24, 2.45) is 0 Å². The van der Waals surface area contributed by atoms with Crippen molar-refractivity contribution in [2.75, 3.05) is 19.8 Å². The molecule has 1 amide bonds. The lowest BCUT2D eigenvalue weighted by molar-refractivity contribution is -0.121. The third-order valence-electron chi connectivity index (χ3n) is 3.45. The van der Waals surface area contributed by atoms with Gasteiger partial charge in [0.25, 0.3) is 0 Å². The Labute approximate surface area is 147 Å². The number of sulfonamides is 1. The Morgan fingerprint density at radius 2 is 1.92 bits per heavy atom. The van der Waals surface area contributed by atoms with E-state index in [1.165, 1.54) is 7.05 Å². The standard InChI is InChI=1S/C17H21N3O4S/c1-20(25(2,22)23)12-16(21)19-11-15-8-9-18-17(10-15)24-13-14-6-4-3-5-7-14/h3-10H,11-13H2,1-2H3,(H,19,21). The number of nitrogens with one attached hydrogen (secondary N) is 1. The smallest absolute Gasteiger partial charge is 0.235 e. The normalized spacial score (nSPS) is 11.3. The van der Waals surface area contributed by atoms with Crippen LogP contribution in [0.5, 0.6) is 5.88 Å². The van der Waals surface area contributed by atoms with Gasteiger partial charge in [0, 0.05) is 25.9 Å². The first-order chi connectivity index (χ1) is 11.8. The van der Waals surface area contributed by atoms with Gasteiger partial charge in [0.15, 0.2) is 0 Å². The summed E-state index contributed by atoms with van der Waals surface area (Å²) in [4.78, 5) is 15.9. The van der Waals surface area contributed by atoms with E-state index >= 15 is 0 Å². The number of aromatic nitrogens is 1. The van der Waals surface area contributed by atoms with Gasteiger partial charge >= 0.3 is 0 Å². The summed E-state index contributed by atoms with van der Waals surface area (Å²) in [6, 6.07) is 13.2. The van der Waals surface area contributed by atoms with Gasteiger partial charge in [0.05, 0.1) is 12.8 Å². The Kier molecular flexibility index (Phi) is 6.49. The number of carbonyl (C=O) groups excluding carboxylic acids is 1. The number of hydrogen-bond donors (Lipinski definition) is 1. The molecule has 1 aromatic heterocycles. The number of ether oxygens (including phenoxy) is 1. The Hall–Kier alpha value is -2.45. The maximum absolute atomic E-state index is 11.8. The van der Waals surface area contributed by atoms with Crippen LogP contribution in [0, 0.1) is 0 Å². The van der Waals surface area contributed by atoms with Crippen LogP contribution in [0.3, 0.4) is 0 Å². The highest BCUT2D eigenvalue weighted by molar-refractivity contribution is 7.88. The summed E-state index contributed by atoms with van der Waals surface area (Å²) < 4.78 is 29.2. The van der Waals surface area contributed by atoms with E-state index in [-0.39, 0.29) is 19.0 Å². The second kappa shape index (κ2) is 8.59. The molecule has 1 heterocycles. The summed E-state index contributed by atoms with van der Waals surface area (Å²) >= 11 is 0. The minimum Gasteiger partial charge on any atom is -0.473 e. The highest BCUT2D eigenvalue weighted by atomic mass is 32.2. The van der Waals surface area contributed by atoms with Crippen molar-refractivity contribution in [3.63, 3.8) is 0 Å². The van der Waals surface area contributed by atoms with Crippen LogP contribution in [0.4, 0.5) is 0 Å². The molecule has 134 valence electrons. The molecule has 0 bridgehead atoms. The predicted molar refractivity (Wildman–Crippen MR) is 94.3 cm³/mol. The van der Waals surface area contributed by atoms with E-state index in [2.05, 4.69) is 10.3 Å². The molecule has 0 spiro atoms. The van der Waals surface area contributed by atoms with Crippen LogP contribution in [0.15, 0.2) is 48.7 Å². The average Bonchev–Trinajstić information content (AvgIpc) is 2.59. The predicted octanol–water partition coefficient (Wildman–Crippen LogP) is 1.17. The van der Waals surface area contributed by atoms with Crippen LogP contribution in [0.2, 0.25) is 0 Å². The Morgan fingerprint density at radius 1 is 1.20 bits per heavy atom. The summed E-state index contributed by atoms with van der Waals surface area (Å²) in [6.45, 7) is 0.449. The Balaban J connectivity index is 1.85. The zero-order chi connectivity index (χ0) is 18.3. The van der Waals surface area contributed by atoms with E-state index in [9.17, 15) is 13.2 Å². The van der Waals surface area contributed by atoms with Gasteiger partial charge in [-0.15, -0.1) is 0 Å². The molecule has 0 saturated carbocycles. The first-order valence-electron chi connectivity index (χ1n) is 7.64. The minimum absolute atomic E-state index is 0.221. The van der Waals surface area contributed by atoms with Gasteiger partial charge in [-0.3, -0.25) is 4.79 Å². The van der Waals surface area contributed by atoms with E-state index < -0.39 is 10.0 Å².